The summed E-state index contributed by atoms with van der Waals surface area (Å²) in [5.74, 6) is 0.0873. The van der Waals surface area contributed by atoms with Crippen LogP contribution in [0, 0.1) is 0 Å². The highest BCUT2D eigenvalue weighted by molar-refractivity contribution is 5.95. The largest absolute Gasteiger partial charge is 0.397 e. The molecule has 0 saturated carbocycles. The van der Waals surface area contributed by atoms with Crippen molar-refractivity contribution in [3.05, 3.63) is 29.3 Å². The molecule has 4 N–H and O–H groups in total. The van der Waals surface area contributed by atoms with Crippen molar-refractivity contribution in [2.45, 2.75) is 38.5 Å². The Morgan fingerprint density at radius 2 is 2.15 bits per heavy atom. The maximum absolute atomic E-state index is 11.4. The van der Waals surface area contributed by atoms with Gasteiger partial charge in [-0.05, 0) is 49.8 Å². The van der Waals surface area contributed by atoms with Crippen LogP contribution in [0.25, 0.3) is 0 Å². The monoisotopic (exact) mass is 271 g/mol. The number of amides is 1. The number of aryl methyl sites for hydroxylation is 1. The summed E-state index contributed by atoms with van der Waals surface area (Å²) in [6.45, 7) is 0.892. The Morgan fingerprint density at radius 3 is 2.95 bits per heavy atom. The van der Waals surface area contributed by atoms with Crippen molar-refractivity contribution in [2.75, 3.05) is 22.9 Å². The molecule has 1 heterocycles. The minimum absolute atomic E-state index is 0.0873. The molecule has 1 amide bonds. The first-order chi connectivity index (χ1) is 9.72. The Morgan fingerprint density at radius 1 is 1.25 bits per heavy atom. The lowest BCUT2D eigenvalue weighted by Crippen LogP contribution is -2.19. The molecule has 1 aliphatic carbocycles. The summed E-state index contributed by atoms with van der Waals surface area (Å²) in [6, 6.07) is 3.94. The Bertz CT molecular complexity index is 563. The topological polar surface area (TPSA) is 67.2 Å². The van der Waals surface area contributed by atoms with Gasteiger partial charge in [-0.15, -0.1) is 0 Å². The molecule has 106 valence electrons. The number of allylic oxidation sites excluding steroid dienone is 1. The molecular formula is C16H21N3O. The van der Waals surface area contributed by atoms with E-state index in [1.807, 2.05) is 12.1 Å². The van der Waals surface area contributed by atoms with Crippen LogP contribution in [0.4, 0.5) is 17.1 Å². The first-order valence-electron chi connectivity index (χ1n) is 7.36. The fourth-order valence-corrected chi connectivity index (χ4v) is 2.92. The first-order valence-corrected chi connectivity index (χ1v) is 7.36. The van der Waals surface area contributed by atoms with Gasteiger partial charge in [0, 0.05) is 18.7 Å². The van der Waals surface area contributed by atoms with Crippen molar-refractivity contribution >= 4 is 23.0 Å². The van der Waals surface area contributed by atoms with Crippen LogP contribution in [-0.2, 0) is 11.2 Å². The number of benzene rings is 1. The summed E-state index contributed by atoms with van der Waals surface area (Å²) in [5, 5.41) is 6.30. The molecule has 0 saturated heterocycles. The Hall–Kier alpha value is -1.97. The van der Waals surface area contributed by atoms with Gasteiger partial charge in [-0.3, -0.25) is 4.79 Å². The minimum atomic E-state index is 0.0873. The molecule has 3 rings (SSSR count). The van der Waals surface area contributed by atoms with E-state index in [4.69, 9.17) is 5.73 Å². The maximum atomic E-state index is 11.4. The summed E-state index contributed by atoms with van der Waals surface area (Å²) >= 11 is 0. The predicted octanol–water partition coefficient (Wildman–Crippen LogP) is 3.07. The Labute approximate surface area is 119 Å². The average Bonchev–Trinajstić information content (AvgIpc) is 2.93. The van der Waals surface area contributed by atoms with Gasteiger partial charge in [-0.1, -0.05) is 11.6 Å². The third-order valence-electron chi connectivity index (χ3n) is 4.07. The van der Waals surface area contributed by atoms with Crippen LogP contribution in [0.15, 0.2) is 23.8 Å². The molecule has 0 radical (unpaired) electrons. The molecule has 0 bridgehead atoms. The van der Waals surface area contributed by atoms with Crippen molar-refractivity contribution in [3.8, 4) is 0 Å². The molecule has 1 aliphatic heterocycles. The molecule has 4 nitrogen and oxygen atoms in total. The van der Waals surface area contributed by atoms with Gasteiger partial charge in [0.25, 0.3) is 0 Å². The molecule has 0 unspecified atom stereocenters. The SMILES string of the molecule is Nc1cc2c(cc1NCCC1=CCCC1)NC(=O)CC2. The molecular weight excluding hydrogens is 250 g/mol. The number of nitrogens with one attached hydrogen (secondary N) is 2. The highest BCUT2D eigenvalue weighted by Gasteiger charge is 2.16. The van der Waals surface area contributed by atoms with Gasteiger partial charge < -0.3 is 16.4 Å². The zero-order valence-electron chi connectivity index (χ0n) is 11.7. The van der Waals surface area contributed by atoms with Crippen LogP contribution in [0.2, 0.25) is 0 Å². The summed E-state index contributed by atoms with van der Waals surface area (Å²) < 4.78 is 0. The van der Waals surface area contributed by atoms with Crippen molar-refractivity contribution in [1.82, 2.24) is 0 Å². The second-order valence-electron chi connectivity index (χ2n) is 5.58. The standard InChI is InChI=1S/C16H21N3O/c17-13-9-12-5-6-16(20)19-14(12)10-15(13)18-8-7-11-3-1-2-4-11/h3,9-10,18H,1-2,4-8,17H2,(H,19,20). The molecule has 2 aliphatic rings. The van der Waals surface area contributed by atoms with Gasteiger partial charge in [0.1, 0.15) is 0 Å². The number of carbonyl (C=O) groups excluding carboxylic acids is 1. The maximum Gasteiger partial charge on any atom is 0.224 e. The van der Waals surface area contributed by atoms with Crippen molar-refractivity contribution in [2.24, 2.45) is 0 Å². The van der Waals surface area contributed by atoms with Crippen LogP contribution in [0.3, 0.4) is 0 Å². The van der Waals surface area contributed by atoms with E-state index in [2.05, 4.69) is 16.7 Å². The van der Waals surface area contributed by atoms with Crippen molar-refractivity contribution in [3.63, 3.8) is 0 Å². The molecule has 20 heavy (non-hydrogen) atoms. The second-order valence-corrected chi connectivity index (χ2v) is 5.58. The number of hydrogen-bond acceptors (Lipinski definition) is 3. The van der Waals surface area contributed by atoms with E-state index in [0.29, 0.717) is 6.42 Å². The summed E-state index contributed by atoms with van der Waals surface area (Å²) in [6.07, 6.45) is 8.50. The number of anilines is 3. The quantitative estimate of drug-likeness (QED) is 0.582. The number of nitrogen functional groups attached to an aromatic ring is 1. The van der Waals surface area contributed by atoms with Gasteiger partial charge in [0.15, 0.2) is 0 Å². The van der Waals surface area contributed by atoms with Gasteiger partial charge in [-0.2, -0.15) is 0 Å². The van der Waals surface area contributed by atoms with Gasteiger partial charge in [0.2, 0.25) is 5.91 Å². The second kappa shape index (κ2) is 5.57. The number of carbonyl (C=O) groups is 1. The number of fused-ring (bicyclic) bond motifs is 1. The fraction of sp³-hybridized carbons (Fsp3) is 0.438. The average molecular weight is 271 g/mol. The lowest BCUT2D eigenvalue weighted by Gasteiger charge is -2.20. The predicted molar refractivity (Wildman–Crippen MR) is 82.8 cm³/mol. The van der Waals surface area contributed by atoms with Crippen LogP contribution in [0.1, 0.15) is 37.7 Å². The number of hydrogen-bond donors (Lipinski definition) is 3. The highest BCUT2D eigenvalue weighted by Crippen LogP contribution is 2.31. The van der Waals surface area contributed by atoms with Gasteiger partial charge in [-0.25, -0.2) is 0 Å². The molecule has 1 aromatic rings. The van der Waals surface area contributed by atoms with Crippen LogP contribution in [0.5, 0.6) is 0 Å². The Kier molecular flexibility index (Phi) is 3.63. The number of nitrogens with two attached hydrogens (primary N) is 1. The van der Waals surface area contributed by atoms with Crippen LogP contribution < -0.4 is 16.4 Å². The zero-order valence-corrected chi connectivity index (χ0v) is 11.7. The normalized spacial score (nSPS) is 17.4. The minimum Gasteiger partial charge on any atom is -0.397 e. The summed E-state index contributed by atoms with van der Waals surface area (Å²) in [4.78, 5) is 11.4. The first kappa shape index (κ1) is 13.0. The molecule has 4 heteroatoms. The Balaban J connectivity index is 1.66. The third-order valence-corrected chi connectivity index (χ3v) is 4.07. The van der Waals surface area contributed by atoms with E-state index in [0.717, 1.165) is 42.0 Å². The summed E-state index contributed by atoms with van der Waals surface area (Å²) in [7, 11) is 0. The van der Waals surface area contributed by atoms with E-state index in [1.165, 1.54) is 19.3 Å². The van der Waals surface area contributed by atoms with Gasteiger partial charge in [0.05, 0.1) is 11.4 Å². The van der Waals surface area contributed by atoms with E-state index in [1.54, 1.807) is 5.57 Å². The van der Waals surface area contributed by atoms with Crippen molar-refractivity contribution < 1.29 is 4.79 Å². The lowest BCUT2D eigenvalue weighted by atomic mass is 10.0. The summed E-state index contributed by atoms with van der Waals surface area (Å²) in [5.41, 5.74) is 11.3. The molecule has 1 aromatic carbocycles. The van der Waals surface area contributed by atoms with Crippen molar-refractivity contribution in [1.29, 1.82) is 0 Å². The molecule has 0 fully saturated rings. The fourth-order valence-electron chi connectivity index (χ4n) is 2.92. The van der Waals surface area contributed by atoms with E-state index >= 15 is 0 Å². The van der Waals surface area contributed by atoms with E-state index in [9.17, 15) is 4.79 Å². The van der Waals surface area contributed by atoms with E-state index < -0.39 is 0 Å². The lowest BCUT2D eigenvalue weighted by molar-refractivity contribution is -0.116. The zero-order chi connectivity index (χ0) is 13.9. The molecule has 0 aromatic heterocycles. The highest BCUT2D eigenvalue weighted by atomic mass is 16.1. The van der Waals surface area contributed by atoms with Gasteiger partial charge >= 0.3 is 0 Å². The van der Waals surface area contributed by atoms with E-state index in [-0.39, 0.29) is 5.91 Å². The molecule has 0 spiro atoms. The molecule has 0 atom stereocenters. The smallest absolute Gasteiger partial charge is 0.224 e. The van der Waals surface area contributed by atoms with Crippen LogP contribution in [-0.4, -0.2) is 12.5 Å². The third kappa shape index (κ3) is 2.79. The van der Waals surface area contributed by atoms with Crippen LogP contribution >= 0.6 is 0 Å². The number of rotatable bonds is 4.